The van der Waals surface area contributed by atoms with E-state index < -0.39 is 5.82 Å². The summed E-state index contributed by atoms with van der Waals surface area (Å²) in [4.78, 5) is 24.5. The van der Waals surface area contributed by atoms with E-state index in [4.69, 9.17) is 11.6 Å². The second kappa shape index (κ2) is 7.54. The Bertz CT molecular complexity index is 1030. The topological polar surface area (TPSA) is 51.1 Å². The van der Waals surface area contributed by atoms with Gasteiger partial charge in [0, 0.05) is 28.5 Å². The molecule has 0 fully saturated rings. The molecule has 132 valence electrons. The van der Waals surface area contributed by atoms with Crippen molar-refractivity contribution in [2.24, 2.45) is 0 Å². The Labute approximate surface area is 154 Å². The highest BCUT2D eigenvalue weighted by atomic mass is 35.5. The molecule has 3 aromatic rings. The van der Waals surface area contributed by atoms with Crippen molar-refractivity contribution < 1.29 is 9.18 Å². The summed E-state index contributed by atoms with van der Waals surface area (Å²) in [5, 5.41) is 3.28. The lowest BCUT2D eigenvalue weighted by molar-refractivity contribution is 0.102. The highest BCUT2D eigenvalue weighted by molar-refractivity contribution is 6.31. The predicted molar refractivity (Wildman–Crippen MR) is 100 cm³/mol. The molecular formula is C20H16ClFN2O2. The van der Waals surface area contributed by atoms with E-state index in [1.165, 1.54) is 29.0 Å². The van der Waals surface area contributed by atoms with Crippen LogP contribution in [0.3, 0.4) is 0 Å². The van der Waals surface area contributed by atoms with Gasteiger partial charge in [-0.05, 0) is 36.8 Å². The van der Waals surface area contributed by atoms with Gasteiger partial charge in [-0.1, -0.05) is 35.9 Å². The Kier molecular flexibility index (Phi) is 5.19. The van der Waals surface area contributed by atoms with E-state index in [1.807, 2.05) is 6.92 Å². The van der Waals surface area contributed by atoms with Crippen molar-refractivity contribution in [2.45, 2.75) is 13.5 Å². The van der Waals surface area contributed by atoms with Crippen molar-refractivity contribution in [3.8, 4) is 0 Å². The molecule has 0 aliphatic heterocycles. The van der Waals surface area contributed by atoms with Crippen molar-refractivity contribution in [3.05, 3.63) is 98.7 Å². The van der Waals surface area contributed by atoms with Crippen LogP contribution in [-0.4, -0.2) is 10.5 Å². The fourth-order valence-electron chi connectivity index (χ4n) is 2.47. The molecule has 0 aliphatic rings. The van der Waals surface area contributed by atoms with Crippen molar-refractivity contribution in [3.63, 3.8) is 0 Å². The number of benzene rings is 2. The Morgan fingerprint density at radius 2 is 1.92 bits per heavy atom. The number of pyridine rings is 1. The zero-order valence-corrected chi connectivity index (χ0v) is 14.8. The van der Waals surface area contributed by atoms with Crippen LogP contribution >= 0.6 is 11.6 Å². The van der Waals surface area contributed by atoms with Gasteiger partial charge in [0.25, 0.3) is 11.5 Å². The van der Waals surface area contributed by atoms with E-state index in [0.717, 1.165) is 5.56 Å². The van der Waals surface area contributed by atoms with Gasteiger partial charge < -0.3 is 9.88 Å². The molecule has 4 nitrogen and oxygen atoms in total. The van der Waals surface area contributed by atoms with Crippen LogP contribution in [0.1, 0.15) is 21.5 Å². The van der Waals surface area contributed by atoms with Gasteiger partial charge in [-0.15, -0.1) is 0 Å². The second-order valence-electron chi connectivity index (χ2n) is 5.89. The van der Waals surface area contributed by atoms with E-state index in [2.05, 4.69) is 5.32 Å². The van der Waals surface area contributed by atoms with Gasteiger partial charge in [-0.3, -0.25) is 9.59 Å². The fraction of sp³-hybridized carbons (Fsp3) is 0.100. The molecule has 0 saturated carbocycles. The number of rotatable bonds is 4. The van der Waals surface area contributed by atoms with Gasteiger partial charge >= 0.3 is 0 Å². The first-order valence-electron chi connectivity index (χ1n) is 7.95. The van der Waals surface area contributed by atoms with E-state index in [-0.39, 0.29) is 23.6 Å². The molecule has 0 aliphatic carbocycles. The molecule has 0 spiro atoms. The van der Waals surface area contributed by atoms with E-state index in [1.54, 1.807) is 36.4 Å². The fourth-order valence-corrected chi connectivity index (χ4v) is 2.65. The molecule has 0 saturated heterocycles. The summed E-state index contributed by atoms with van der Waals surface area (Å²) in [6, 6.07) is 14.1. The number of halogens is 2. The Balaban J connectivity index is 1.84. The van der Waals surface area contributed by atoms with Gasteiger partial charge in [-0.2, -0.15) is 0 Å². The summed E-state index contributed by atoms with van der Waals surface area (Å²) in [6.07, 6.45) is 1.42. The van der Waals surface area contributed by atoms with Crippen LogP contribution < -0.4 is 10.9 Å². The molecule has 0 bridgehead atoms. The maximum absolute atomic E-state index is 13.8. The predicted octanol–water partition coefficient (Wildman–Crippen LogP) is 4.25. The number of carbonyl (C=O) groups is 1. The maximum Gasteiger partial charge on any atom is 0.257 e. The summed E-state index contributed by atoms with van der Waals surface area (Å²) in [5.41, 5.74) is 1.80. The molecule has 0 unspecified atom stereocenters. The van der Waals surface area contributed by atoms with Crippen LogP contribution in [0.5, 0.6) is 0 Å². The molecule has 1 aromatic heterocycles. The molecule has 0 radical (unpaired) electrons. The van der Waals surface area contributed by atoms with Gasteiger partial charge in [0.1, 0.15) is 5.82 Å². The molecule has 6 heteroatoms. The first kappa shape index (κ1) is 17.9. The third-order valence-electron chi connectivity index (χ3n) is 3.97. The normalized spacial score (nSPS) is 10.6. The van der Waals surface area contributed by atoms with E-state index in [9.17, 15) is 14.0 Å². The van der Waals surface area contributed by atoms with Gasteiger partial charge in [0.15, 0.2) is 0 Å². The Morgan fingerprint density at radius 1 is 1.15 bits per heavy atom. The second-order valence-corrected chi connectivity index (χ2v) is 6.30. The Hall–Kier alpha value is -2.92. The third kappa shape index (κ3) is 4.00. The zero-order valence-electron chi connectivity index (χ0n) is 14.0. The van der Waals surface area contributed by atoms with E-state index in [0.29, 0.717) is 16.3 Å². The van der Waals surface area contributed by atoms with Crippen molar-refractivity contribution in [1.29, 1.82) is 0 Å². The van der Waals surface area contributed by atoms with Crippen molar-refractivity contribution >= 4 is 23.2 Å². The number of anilines is 1. The minimum absolute atomic E-state index is 0.0446. The summed E-state index contributed by atoms with van der Waals surface area (Å²) in [7, 11) is 0. The average molecular weight is 371 g/mol. The zero-order chi connectivity index (χ0) is 18.7. The van der Waals surface area contributed by atoms with Gasteiger partial charge in [-0.25, -0.2) is 4.39 Å². The molecular weight excluding hydrogens is 355 g/mol. The molecule has 1 amide bonds. The van der Waals surface area contributed by atoms with Crippen LogP contribution in [-0.2, 0) is 6.54 Å². The lowest BCUT2D eigenvalue weighted by atomic mass is 10.2. The maximum atomic E-state index is 13.8. The van der Waals surface area contributed by atoms with Crippen LogP contribution in [0.2, 0.25) is 5.02 Å². The highest BCUT2D eigenvalue weighted by Gasteiger charge is 2.10. The lowest BCUT2D eigenvalue weighted by Gasteiger charge is -2.10. The van der Waals surface area contributed by atoms with Crippen molar-refractivity contribution in [1.82, 2.24) is 4.57 Å². The number of hydrogen-bond acceptors (Lipinski definition) is 2. The summed E-state index contributed by atoms with van der Waals surface area (Å²) in [6.45, 7) is 1.91. The summed E-state index contributed by atoms with van der Waals surface area (Å²) >= 11 is 6.06. The standard InChI is InChI=1S/C20H16ClFN2O2/c1-13-6-8-16(10-17(13)21)23-20(26)15-7-9-19(25)24(12-15)11-14-4-2-3-5-18(14)22/h2-10,12H,11H2,1H3,(H,23,26). The molecule has 3 rings (SSSR count). The molecule has 1 heterocycles. The Morgan fingerprint density at radius 3 is 2.65 bits per heavy atom. The number of amides is 1. The summed E-state index contributed by atoms with van der Waals surface area (Å²) in [5.74, 6) is -0.782. The quantitative estimate of drug-likeness (QED) is 0.746. The molecule has 0 atom stereocenters. The number of nitrogens with one attached hydrogen (secondary N) is 1. The number of aromatic nitrogens is 1. The van der Waals surface area contributed by atoms with E-state index >= 15 is 0 Å². The molecule has 1 N–H and O–H groups in total. The lowest BCUT2D eigenvalue weighted by Crippen LogP contribution is -2.23. The van der Waals surface area contributed by atoms with Crippen LogP contribution in [0.4, 0.5) is 10.1 Å². The number of aryl methyl sites for hydroxylation is 1. The first-order valence-corrected chi connectivity index (χ1v) is 8.33. The number of nitrogens with zero attached hydrogens (tertiary/aromatic N) is 1. The third-order valence-corrected chi connectivity index (χ3v) is 4.38. The monoisotopic (exact) mass is 370 g/mol. The van der Waals surface area contributed by atoms with Crippen LogP contribution in [0.25, 0.3) is 0 Å². The van der Waals surface area contributed by atoms with Crippen LogP contribution in [0, 0.1) is 12.7 Å². The van der Waals surface area contributed by atoms with Crippen molar-refractivity contribution in [2.75, 3.05) is 5.32 Å². The van der Waals surface area contributed by atoms with Gasteiger partial charge in [0.05, 0.1) is 12.1 Å². The largest absolute Gasteiger partial charge is 0.322 e. The highest BCUT2D eigenvalue weighted by Crippen LogP contribution is 2.20. The number of carbonyl (C=O) groups excluding carboxylic acids is 1. The van der Waals surface area contributed by atoms with Crippen LogP contribution in [0.15, 0.2) is 65.6 Å². The van der Waals surface area contributed by atoms with Gasteiger partial charge in [0.2, 0.25) is 0 Å². The summed E-state index contributed by atoms with van der Waals surface area (Å²) < 4.78 is 15.1. The first-order chi connectivity index (χ1) is 12.4. The number of hydrogen-bond donors (Lipinski definition) is 1. The SMILES string of the molecule is Cc1ccc(NC(=O)c2ccc(=O)n(Cc3ccccc3F)c2)cc1Cl. The molecule has 2 aromatic carbocycles. The average Bonchev–Trinajstić information content (AvgIpc) is 2.62. The smallest absolute Gasteiger partial charge is 0.257 e. The minimum atomic E-state index is -0.399. The molecule has 26 heavy (non-hydrogen) atoms. The minimum Gasteiger partial charge on any atom is -0.322 e.